The second kappa shape index (κ2) is 5.51. The smallest absolute Gasteiger partial charge is 0.234 e. The van der Waals surface area contributed by atoms with Gasteiger partial charge in [-0.15, -0.1) is 0 Å². The molecule has 0 atom stereocenters. The zero-order valence-electron chi connectivity index (χ0n) is 9.55. The van der Waals surface area contributed by atoms with Gasteiger partial charge >= 0.3 is 0 Å². The standard InChI is InChI=1S/C12H18N2O/c1-9-4-5-11(6-10(9)2)7-14-12(15)8-13-3/h4-6,13H,7-8H2,1-3H3,(H,14,15). The Labute approximate surface area is 90.9 Å². The zero-order valence-corrected chi connectivity index (χ0v) is 9.55. The molecule has 0 aliphatic heterocycles. The van der Waals surface area contributed by atoms with E-state index in [4.69, 9.17) is 0 Å². The molecule has 0 radical (unpaired) electrons. The van der Waals surface area contributed by atoms with Crippen LogP contribution in [-0.2, 0) is 11.3 Å². The van der Waals surface area contributed by atoms with E-state index >= 15 is 0 Å². The molecule has 0 aliphatic rings. The van der Waals surface area contributed by atoms with Gasteiger partial charge in [-0.25, -0.2) is 0 Å². The Bertz CT molecular complexity index is 347. The molecule has 3 nitrogen and oxygen atoms in total. The first-order valence-corrected chi connectivity index (χ1v) is 5.11. The molecule has 0 aliphatic carbocycles. The van der Waals surface area contributed by atoms with Gasteiger partial charge in [-0.1, -0.05) is 18.2 Å². The fourth-order valence-electron chi connectivity index (χ4n) is 1.34. The topological polar surface area (TPSA) is 41.1 Å². The lowest BCUT2D eigenvalue weighted by molar-refractivity contribution is -0.120. The summed E-state index contributed by atoms with van der Waals surface area (Å²) in [7, 11) is 1.76. The van der Waals surface area contributed by atoms with E-state index in [9.17, 15) is 4.79 Å². The highest BCUT2D eigenvalue weighted by Crippen LogP contribution is 2.09. The first-order valence-electron chi connectivity index (χ1n) is 5.11. The number of hydrogen-bond donors (Lipinski definition) is 2. The molecule has 0 saturated carbocycles. The van der Waals surface area contributed by atoms with Crippen molar-refractivity contribution in [1.29, 1.82) is 0 Å². The highest BCUT2D eigenvalue weighted by atomic mass is 16.1. The summed E-state index contributed by atoms with van der Waals surface area (Å²) < 4.78 is 0. The van der Waals surface area contributed by atoms with Crippen molar-refractivity contribution >= 4 is 5.91 Å². The van der Waals surface area contributed by atoms with Crippen LogP contribution in [0.1, 0.15) is 16.7 Å². The van der Waals surface area contributed by atoms with Crippen molar-refractivity contribution in [3.8, 4) is 0 Å². The van der Waals surface area contributed by atoms with Gasteiger partial charge in [-0.05, 0) is 37.6 Å². The number of carbonyl (C=O) groups excluding carboxylic acids is 1. The molecule has 0 unspecified atom stereocenters. The molecule has 0 bridgehead atoms. The van der Waals surface area contributed by atoms with Gasteiger partial charge in [0.25, 0.3) is 0 Å². The van der Waals surface area contributed by atoms with Gasteiger partial charge in [0.15, 0.2) is 0 Å². The van der Waals surface area contributed by atoms with Crippen molar-refractivity contribution in [2.45, 2.75) is 20.4 Å². The largest absolute Gasteiger partial charge is 0.351 e. The molecule has 0 saturated heterocycles. The lowest BCUT2D eigenvalue weighted by atomic mass is 10.1. The minimum absolute atomic E-state index is 0.0238. The first-order chi connectivity index (χ1) is 7.13. The summed E-state index contributed by atoms with van der Waals surface area (Å²) in [5.74, 6) is 0.0238. The Morgan fingerprint density at radius 2 is 2.00 bits per heavy atom. The molecule has 3 heteroatoms. The fraction of sp³-hybridized carbons (Fsp3) is 0.417. The Morgan fingerprint density at radius 1 is 1.27 bits per heavy atom. The van der Waals surface area contributed by atoms with Crippen LogP contribution in [-0.4, -0.2) is 19.5 Å². The molecular formula is C12H18N2O. The third-order valence-corrected chi connectivity index (χ3v) is 2.40. The van der Waals surface area contributed by atoms with E-state index in [2.05, 4.69) is 36.6 Å². The van der Waals surface area contributed by atoms with E-state index in [1.807, 2.05) is 6.07 Å². The van der Waals surface area contributed by atoms with Crippen LogP contribution in [0.2, 0.25) is 0 Å². The molecule has 2 N–H and O–H groups in total. The maximum Gasteiger partial charge on any atom is 0.234 e. The van der Waals surface area contributed by atoms with Crippen LogP contribution in [0.4, 0.5) is 0 Å². The molecule has 1 aromatic carbocycles. The van der Waals surface area contributed by atoms with Gasteiger partial charge in [0.2, 0.25) is 5.91 Å². The fourth-order valence-corrected chi connectivity index (χ4v) is 1.34. The van der Waals surface area contributed by atoms with Crippen molar-refractivity contribution in [3.05, 3.63) is 34.9 Å². The van der Waals surface area contributed by atoms with Crippen LogP contribution in [0.3, 0.4) is 0 Å². The first kappa shape index (κ1) is 11.7. The lowest BCUT2D eigenvalue weighted by Crippen LogP contribution is -2.31. The average molecular weight is 206 g/mol. The predicted octanol–water partition coefficient (Wildman–Crippen LogP) is 1.14. The quantitative estimate of drug-likeness (QED) is 0.775. The second-order valence-corrected chi connectivity index (χ2v) is 3.73. The number of rotatable bonds is 4. The van der Waals surface area contributed by atoms with Gasteiger partial charge in [0.1, 0.15) is 0 Å². The summed E-state index contributed by atoms with van der Waals surface area (Å²) in [5, 5.41) is 5.66. The minimum Gasteiger partial charge on any atom is -0.351 e. The molecule has 0 heterocycles. The second-order valence-electron chi connectivity index (χ2n) is 3.73. The van der Waals surface area contributed by atoms with Crippen LogP contribution in [0.25, 0.3) is 0 Å². The highest BCUT2D eigenvalue weighted by molar-refractivity contribution is 5.77. The van der Waals surface area contributed by atoms with Crippen LogP contribution in [0.5, 0.6) is 0 Å². The number of aryl methyl sites for hydroxylation is 2. The number of carbonyl (C=O) groups is 1. The maximum atomic E-state index is 11.2. The number of nitrogens with one attached hydrogen (secondary N) is 2. The summed E-state index contributed by atoms with van der Waals surface area (Å²) in [5.41, 5.74) is 3.68. The van der Waals surface area contributed by atoms with E-state index in [0.717, 1.165) is 5.56 Å². The molecule has 1 rings (SSSR count). The molecular weight excluding hydrogens is 188 g/mol. The van der Waals surface area contributed by atoms with E-state index < -0.39 is 0 Å². The lowest BCUT2D eigenvalue weighted by Gasteiger charge is -2.07. The van der Waals surface area contributed by atoms with Crippen LogP contribution in [0, 0.1) is 13.8 Å². The van der Waals surface area contributed by atoms with E-state index in [1.165, 1.54) is 11.1 Å². The number of benzene rings is 1. The van der Waals surface area contributed by atoms with Gasteiger partial charge in [0, 0.05) is 6.54 Å². The van der Waals surface area contributed by atoms with Crippen molar-refractivity contribution in [2.24, 2.45) is 0 Å². The molecule has 15 heavy (non-hydrogen) atoms. The predicted molar refractivity (Wildman–Crippen MR) is 61.7 cm³/mol. The van der Waals surface area contributed by atoms with Crippen molar-refractivity contribution in [1.82, 2.24) is 10.6 Å². The summed E-state index contributed by atoms with van der Waals surface area (Å²) >= 11 is 0. The Kier molecular flexibility index (Phi) is 4.31. The SMILES string of the molecule is CNCC(=O)NCc1ccc(C)c(C)c1. The Hall–Kier alpha value is -1.35. The van der Waals surface area contributed by atoms with Gasteiger partial charge in [-0.3, -0.25) is 4.79 Å². The Morgan fingerprint density at radius 3 is 2.60 bits per heavy atom. The van der Waals surface area contributed by atoms with E-state index in [0.29, 0.717) is 13.1 Å². The molecule has 0 fully saturated rings. The Balaban J connectivity index is 2.51. The van der Waals surface area contributed by atoms with Crippen molar-refractivity contribution < 1.29 is 4.79 Å². The maximum absolute atomic E-state index is 11.2. The average Bonchev–Trinajstić information content (AvgIpc) is 2.20. The highest BCUT2D eigenvalue weighted by Gasteiger charge is 2.00. The van der Waals surface area contributed by atoms with Gasteiger partial charge < -0.3 is 10.6 Å². The third-order valence-electron chi connectivity index (χ3n) is 2.40. The summed E-state index contributed by atoms with van der Waals surface area (Å²) in [4.78, 5) is 11.2. The van der Waals surface area contributed by atoms with Gasteiger partial charge in [0.05, 0.1) is 6.54 Å². The summed E-state index contributed by atoms with van der Waals surface area (Å²) in [6.07, 6.45) is 0. The van der Waals surface area contributed by atoms with Crippen LogP contribution < -0.4 is 10.6 Å². The van der Waals surface area contributed by atoms with Crippen molar-refractivity contribution in [3.63, 3.8) is 0 Å². The van der Waals surface area contributed by atoms with Crippen LogP contribution >= 0.6 is 0 Å². The number of hydrogen-bond acceptors (Lipinski definition) is 2. The molecule has 82 valence electrons. The third kappa shape index (κ3) is 3.72. The monoisotopic (exact) mass is 206 g/mol. The molecule has 1 aromatic rings. The normalized spacial score (nSPS) is 10.1. The number of amides is 1. The number of likely N-dealkylation sites (N-methyl/N-ethyl adjacent to an activating group) is 1. The summed E-state index contributed by atoms with van der Waals surface area (Å²) in [6, 6.07) is 6.23. The van der Waals surface area contributed by atoms with E-state index in [1.54, 1.807) is 7.05 Å². The molecule has 0 spiro atoms. The molecule has 1 amide bonds. The van der Waals surface area contributed by atoms with Gasteiger partial charge in [-0.2, -0.15) is 0 Å². The minimum atomic E-state index is 0.0238. The van der Waals surface area contributed by atoms with Crippen molar-refractivity contribution in [2.75, 3.05) is 13.6 Å². The van der Waals surface area contributed by atoms with Crippen LogP contribution in [0.15, 0.2) is 18.2 Å². The zero-order chi connectivity index (χ0) is 11.3. The summed E-state index contributed by atoms with van der Waals surface area (Å²) in [6.45, 7) is 5.12. The van der Waals surface area contributed by atoms with E-state index in [-0.39, 0.29) is 5.91 Å². The molecule has 0 aromatic heterocycles.